The van der Waals surface area contributed by atoms with Gasteiger partial charge in [-0.1, -0.05) is 13.8 Å². The smallest absolute Gasteiger partial charge is 0.271 e. The minimum atomic E-state index is -0.843. The number of non-ortho nitro benzene ring substituents is 1. The molecule has 4 aliphatic rings. The Balaban J connectivity index is 1.49. The first-order valence-electron chi connectivity index (χ1n) is 10.7. The molecule has 1 atom stereocenters. The molecule has 162 valence electrons. The first kappa shape index (κ1) is 20.8. The molecule has 2 N–H and O–H groups in total. The first-order chi connectivity index (χ1) is 14.2. The monoisotopic (exact) mass is 417 g/mol. The molecule has 4 aliphatic carbocycles. The van der Waals surface area contributed by atoms with E-state index >= 15 is 0 Å². The first-order valence-corrected chi connectivity index (χ1v) is 10.7. The molecule has 30 heavy (non-hydrogen) atoms. The fourth-order valence-electron chi connectivity index (χ4n) is 6.15. The standard InChI is InChI=1S/C22H28FN3O4/c1-12(2)19(20(27)24-18-8-16(26(29)30)3-4-17(18)23)25-21(28)22-9-13-5-14(10-22)7-15(6-13)11-22/h3-4,8,12-15,19H,5-7,9-11H2,1-2H3,(H,24,27)(H,25,28). The van der Waals surface area contributed by atoms with Crippen LogP contribution in [0.25, 0.3) is 0 Å². The van der Waals surface area contributed by atoms with Gasteiger partial charge in [-0.2, -0.15) is 0 Å². The third kappa shape index (κ3) is 3.79. The summed E-state index contributed by atoms with van der Waals surface area (Å²) in [5.74, 6) is 0.192. The highest BCUT2D eigenvalue weighted by Crippen LogP contribution is 2.60. The normalized spacial score (nSPS) is 30.2. The lowest BCUT2D eigenvalue weighted by Gasteiger charge is -2.55. The zero-order chi connectivity index (χ0) is 21.6. The number of nitrogens with one attached hydrogen (secondary N) is 2. The van der Waals surface area contributed by atoms with E-state index in [2.05, 4.69) is 10.6 Å². The van der Waals surface area contributed by atoms with Crippen molar-refractivity contribution in [3.63, 3.8) is 0 Å². The molecule has 0 aromatic heterocycles. The lowest BCUT2D eigenvalue weighted by molar-refractivity contribution is -0.384. The predicted molar refractivity (Wildman–Crippen MR) is 109 cm³/mol. The fourth-order valence-corrected chi connectivity index (χ4v) is 6.15. The van der Waals surface area contributed by atoms with Gasteiger partial charge < -0.3 is 10.6 Å². The average Bonchev–Trinajstić information content (AvgIpc) is 2.65. The molecule has 2 amide bonds. The van der Waals surface area contributed by atoms with Crippen molar-refractivity contribution in [3.8, 4) is 0 Å². The van der Waals surface area contributed by atoms with E-state index in [9.17, 15) is 24.1 Å². The van der Waals surface area contributed by atoms with Crippen LogP contribution in [-0.2, 0) is 9.59 Å². The zero-order valence-corrected chi connectivity index (χ0v) is 17.3. The summed E-state index contributed by atoms with van der Waals surface area (Å²) in [4.78, 5) is 36.5. The number of rotatable bonds is 6. The molecule has 0 heterocycles. The molecule has 0 aliphatic heterocycles. The summed E-state index contributed by atoms with van der Waals surface area (Å²) in [7, 11) is 0. The number of halogens is 1. The molecule has 0 radical (unpaired) electrons. The van der Waals surface area contributed by atoms with Crippen molar-refractivity contribution >= 4 is 23.2 Å². The summed E-state index contributed by atoms with van der Waals surface area (Å²) in [5.41, 5.74) is -0.965. The Morgan fingerprint density at radius 2 is 1.70 bits per heavy atom. The Morgan fingerprint density at radius 3 is 2.20 bits per heavy atom. The number of amides is 2. The van der Waals surface area contributed by atoms with Gasteiger partial charge in [0.1, 0.15) is 11.9 Å². The molecule has 4 bridgehead atoms. The minimum absolute atomic E-state index is 0.0741. The van der Waals surface area contributed by atoms with E-state index in [0.717, 1.165) is 37.5 Å². The number of hydrogen-bond donors (Lipinski definition) is 2. The van der Waals surface area contributed by atoms with E-state index in [1.165, 1.54) is 19.3 Å². The number of hydrogen-bond acceptors (Lipinski definition) is 4. The third-order valence-corrected chi connectivity index (χ3v) is 7.17. The van der Waals surface area contributed by atoms with E-state index in [0.29, 0.717) is 17.8 Å². The van der Waals surface area contributed by atoms with Crippen LogP contribution in [0.3, 0.4) is 0 Å². The van der Waals surface area contributed by atoms with Crippen LogP contribution in [-0.4, -0.2) is 22.8 Å². The van der Waals surface area contributed by atoms with E-state index in [4.69, 9.17) is 0 Å². The maximum Gasteiger partial charge on any atom is 0.271 e. The predicted octanol–water partition coefficient (Wildman–Crippen LogP) is 4.03. The molecule has 5 rings (SSSR count). The summed E-state index contributed by atoms with van der Waals surface area (Å²) < 4.78 is 14.1. The van der Waals surface area contributed by atoms with Gasteiger partial charge in [0.25, 0.3) is 5.69 Å². The second-order valence-electron chi connectivity index (χ2n) is 9.80. The van der Waals surface area contributed by atoms with Crippen LogP contribution in [0.1, 0.15) is 52.4 Å². The van der Waals surface area contributed by atoms with Crippen molar-refractivity contribution in [2.24, 2.45) is 29.1 Å². The molecule has 4 fully saturated rings. The van der Waals surface area contributed by atoms with Gasteiger partial charge in [-0.05, 0) is 68.3 Å². The summed E-state index contributed by atoms with van der Waals surface area (Å²) in [6.45, 7) is 3.63. The van der Waals surface area contributed by atoms with Gasteiger partial charge in [0.2, 0.25) is 11.8 Å². The van der Waals surface area contributed by atoms with E-state index in [1.807, 2.05) is 13.8 Å². The Kier molecular flexibility index (Phi) is 5.28. The Morgan fingerprint density at radius 1 is 1.13 bits per heavy atom. The van der Waals surface area contributed by atoms with Crippen molar-refractivity contribution in [1.29, 1.82) is 0 Å². The van der Waals surface area contributed by atoms with E-state index in [-0.39, 0.29) is 28.6 Å². The Hall–Kier alpha value is -2.51. The SMILES string of the molecule is CC(C)C(NC(=O)C12CC3CC(CC(C3)C1)C2)C(=O)Nc1cc([N+](=O)[O-])ccc1F. The van der Waals surface area contributed by atoms with Gasteiger partial charge >= 0.3 is 0 Å². The Labute approximate surface area is 174 Å². The van der Waals surface area contributed by atoms with Crippen molar-refractivity contribution in [1.82, 2.24) is 5.32 Å². The molecule has 1 aromatic rings. The highest BCUT2D eigenvalue weighted by atomic mass is 19.1. The number of nitro groups is 1. The van der Waals surface area contributed by atoms with Crippen molar-refractivity contribution in [2.75, 3.05) is 5.32 Å². The number of nitro benzene ring substituents is 1. The number of anilines is 1. The van der Waals surface area contributed by atoms with Crippen molar-refractivity contribution in [3.05, 3.63) is 34.1 Å². The third-order valence-electron chi connectivity index (χ3n) is 7.17. The molecule has 4 saturated carbocycles. The second-order valence-corrected chi connectivity index (χ2v) is 9.80. The molecule has 0 spiro atoms. The molecular weight excluding hydrogens is 389 g/mol. The van der Waals surface area contributed by atoms with Crippen LogP contribution in [0.5, 0.6) is 0 Å². The number of carbonyl (C=O) groups excluding carboxylic acids is 2. The number of benzene rings is 1. The highest BCUT2D eigenvalue weighted by Gasteiger charge is 2.55. The largest absolute Gasteiger partial charge is 0.344 e. The van der Waals surface area contributed by atoms with Gasteiger partial charge in [0, 0.05) is 17.5 Å². The number of carbonyl (C=O) groups is 2. The van der Waals surface area contributed by atoms with Crippen LogP contribution in [0.4, 0.5) is 15.8 Å². The van der Waals surface area contributed by atoms with Gasteiger partial charge in [-0.25, -0.2) is 4.39 Å². The summed E-state index contributed by atoms with van der Waals surface area (Å²) in [5, 5.41) is 16.3. The summed E-state index contributed by atoms with van der Waals surface area (Å²) in [6.07, 6.45) is 6.30. The Bertz CT molecular complexity index is 850. The van der Waals surface area contributed by atoms with Crippen LogP contribution >= 0.6 is 0 Å². The fraction of sp³-hybridized carbons (Fsp3) is 0.636. The maximum absolute atomic E-state index is 14.1. The molecular formula is C22H28FN3O4. The molecule has 7 nitrogen and oxygen atoms in total. The zero-order valence-electron chi connectivity index (χ0n) is 17.3. The van der Waals surface area contributed by atoms with Crippen molar-refractivity contribution < 1.29 is 18.9 Å². The topological polar surface area (TPSA) is 101 Å². The van der Waals surface area contributed by atoms with Gasteiger partial charge in [0.15, 0.2) is 0 Å². The minimum Gasteiger partial charge on any atom is -0.344 e. The van der Waals surface area contributed by atoms with Gasteiger partial charge in [-0.3, -0.25) is 19.7 Å². The lowest BCUT2D eigenvalue weighted by Crippen LogP contribution is -2.57. The summed E-state index contributed by atoms with van der Waals surface area (Å²) >= 11 is 0. The molecule has 1 unspecified atom stereocenters. The van der Waals surface area contributed by atoms with E-state index < -0.39 is 22.7 Å². The van der Waals surface area contributed by atoms with Crippen LogP contribution < -0.4 is 10.6 Å². The highest BCUT2D eigenvalue weighted by molar-refractivity contribution is 5.98. The lowest BCUT2D eigenvalue weighted by atomic mass is 9.49. The molecule has 0 saturated heterocycles. The second kappa shape index (κ2) is 7.63. The molecule has 1 aromatic carbocycles. The van der Waals surface area contributed by atoms with Crippen LogP contribution in [0, 0.1) is 45.0 Å². The quantitative estimate of drug-likeness (QED) is 0.539. The average molecular weight is 417 g/mol. The van der Waals surface area contributed by atoms with Crippen molar-refractivity contribution in [2.45, 2.75) is 58.4 Å². The maximum atomic E-state index is 14.1. The van der Waals surface area contributed by atoms with Gasteiger partial charge in [-0.15, -0.1) is 0 Å². The summed E-state index contributed by atoms with van der Waals surface area (Å²) in [6, 6.07) is 2.14. The van der Waals surface area contributed by atoms with E-state index in [1.54, 1.807) is 0 Å². The van der Waals surface area contributed by atoms with Crippen LogP contribution in [0.2, 0.25) is 0 Å². The van der Waals surface area contributed by atoms with Gasteiger partial charge in [0.05, 0.1) is 10.6 Å². The molecule has 8 heteroatoms. The number of nitrogens with zero attached hydrogens (tertiary/aromatic N) is 1. The van der Waals surface area contributed by atoms with Crippen LogP contribution in [0.15, 0.2) is 18.2 Å².